The van der Waals surface area contributed by atoms with Crippen LogP contribution >= 0.6 is 15.9 Å². The normalized spacial score (nSPS) is 15.9. The number of carbonyl (C=O) groups excluding carboxylic acids is 1. The second-order valence-electron chi connectivity index (χ2n) is 5.37. The van der Waals surface area contributed by atoms with Crippen molar-refractivity contribution in [2.45, 2.75) is 13.8 Å². The van der Waals surface area contributed by atoms with Crippen molar-refractivity contribution in [1.82, 2.24) is 4.90 Å². The van der Waals surface area contributed by atoms with Gasteiger partial charge in [-0.1, -0.05) is 41.9 Å². The summed E-state index contributed by atoms with van der Waals surface area (Å²) in [6.07, 6.45) is 0. The van der Waals surface area contributed by atoms with Crippen LogP contribution in [0.4, 0.5) is 0 Å². The molecule has 98 valence electrons. The molecule has 1 aromatic carbocycles. The molecule has 1 aliphatic heterocycles. The van der Waals surface area contributed by atoms with Gasteiger partial charge >= 0.3 is 0 Å². The highest BCUT2D eigenvalue weighted by molar-refractivity contribution is 9.09. The Labute approximate surface area is 116 Å². The molecule has 0 aliphatic carbocycles. The molecular formula is C14H18BrNO2. The molecule has 2 rings (SSSR count). The van der Waals surface area contributed by atoms with Crippen LogP contribution in [0.25, 0.3) is 0 Å². The lowest BCUT2D eigenvalue weighted by Crippen LogP contribution is -2.40. The van der Waals surface area contributed by atoms with E-state index in [1.165, 1.54) is 0 Å². The highest BCUT2D eigenvalue weighted by Gasteiger charge is 2.28. The van der Waals surface area contributed by atoms with Crippen molar-refractivity contribution in [3.8, 4) is 5.75 Å². The molecular weight excluding hydrogens is 294 g/mol. The van der Waals surface area contributed by atoms with Crippen LogP contribution in [0, 0.1) is 5.41 Å². The van der Waals surface area contributed by atoms with Gasteiger partial charge in [-0.2, -0.15) is 0 Å². The fraction of sp³-hybridized carbons (Fsp3) is 0.500. The van der Waals surface area contributed by atoms with Gasteiger partial charge in [0.1, 0.15) is 12.4 Å². The average molecular weight is 312 g/mol. The van der Waals surface area contributed by atoms with Crippen molar-refractivity contribution in [3.05, 3.63) is 29.8 Å². The van der Waals surface area contributed by atoms with E-state index in [-0.39, 0.29) is 11.3 Å². The van der Waals surface area contributed by atoms with Gasteiger partial charge in [0.25, 0.3) is 5.91 Å². The average Bonchev–Trinajstić information content (AvgIpc) is 2.51. The zero-order valence-electron chi connectivity index (χ0n) is 10.8. The Morgan fingerprint density at radius 1 is 1.39 bits per heavy atom. The molecule has 0 unspecified atom stereocenters. The van der Waals surface area contributed by atoms with E-state index in [0.29, 0.717) is 24.5 Å². The van der Waals surface area contributed by atoms with Crippen LogP contribution in [0.1, 0.15) is 24.2 Å². The van der Waals surface area contributed by atoms with E-state index in [0.717, 1.165) is 11.9 Å². The van der Waals surface area contributed by atoms with Crippen LogP contribution in [-0.4, -0.2) is 35.8 Å². The number of ether oxygens (including phenoxy) is 1. The van der Waals surface area contributed by atoms with E-state index < -0.39 is 0 Å². The molecule has 0 saturated heterocycles. The summed E-state index contributed by atoms with van der Waals surface area (Å²) in [6.45, 7) is 6.22. The third-order valence-corrected chi connectivity index (χ3v) is 4.52. The molecule has 0 atom stereocenters. The molecule has 1 aliphatic rings. The van der Waals surface area contributed by atoms with Crippen molar-refractivity contribution in [1.29, 1.82) is 0 Å². The molecule has 0 saturated carbocycles. The first-order valence-corrected chi connectivity index (χ1v) is 7.23. The van der Waals surface area contributed by atoms with Gasteiger partial charge in [-0.3, -0.25) is 4.79 Å². The standard InChI is InChI=1S/C14H18BrNO2/c1-14(2,9-15)10-16-7-8-18-12-6-4-3-5-11(12)13(16)17/h3-6H,7-10H2,1-2H3. The largest absolute Gasteiger partial charge is 0.491 e. The van der Waals surface area contributed by atoms with E-state index in [1.807, 2.05) is 29.2 Å². The lowest BCUT2D eigenvalue weighted by molar-refractivity contribution is 0.0697. The van der Waals surface area contributed by atoms with Crippen LogP contribution in [-0.2, 0) is 0 Å². The number of benzene rings is 1. The van der Waals surface area contributed by atoms with Crippen molar-refractivity contribution in [3.63, 3.8) is 0 Å². The summed E-state index contributed by atoms with van der Waals surface area (Å²) in [4.78, 5) is 14.3. The maximum atomic E-state index is 12.5. The molecule has 18 heavy (non-hydrogen) atoms. The van der Waals surface area contributed by atoms with Crippen molar-refractivity contribution >= 4 is 21.8 Å². The van der Waals surface area contributed by atoms with Gasteiger partial charge < -0.3 is 9.64 Å². The minimum Gasteiger partial charge on any atom is -0.491 e. The van der Waals surface area contributed by atoms with E-state index >= 15 is 0 Å². The molecule has 0 bridgehead atoms. The van der Waals surface area contributed by atoms with Crippen LogP contribution in [0.15, 0.2) is 24.3 Å². The second-order valence-corrected chi connectivity index (χ2v) is 5.93. The molecule has 0 spiro atoms. The van der Waals surface area contributed by atoms with Gasteiger partial charge in [0.15, 0.2) is 0 Å². The van der Waals surface area contributed by atoms with Gasteiger partial charge in [-0.05, 0) is 17.5 Å². The predicted molar refractivity (Wildman–Crippen MR) is 75.4 cm³/mol. The Balaban J connectivity index is 2.23. The van der Waals surface area contributed by atoms with Crippen LogP contribution in [0.2, 0.25) is 0 Å². The number of carbonyl (C=O) groups is 1. The monoisotopic (exact) mass is 311 g/mol. The van der Waals surface area contributed by atoms with Gasteiger partial charge in [-0.15, -0.1) is 0 Å². The first-order valence-electron chi connectivity index (χ1n) is 6.10. The van der Waals surface area contributed by atoms with Crippen LogP contribution < -0.4 is 4.74 Å². The summed E-state index contributed by atoms with van der Waals surface area (Å²) in [5.74, 6) is 0.763. The molecule has 4 heteroatoms. The molecule has 0 aromatic heterocycles. The smallest absolute Gasteiger partial charge is 0.257 e. The number of rotatable bonds is 3. The second kappa shape index (κ2) is 5.31. The lowest BCUT2D eigenvalue weighted by atomic mass is 9.95. The molecule has 1 aromatic rings. The van der Waals surface area contributed by atoms with E-state index in [9.17, 15) is 4.79 Å². The number of halogens is 1. The Bertz CT molecular complexity index is 445. The van der Waals surface area contributed by atoms with Crippen LogP contribution in [0.3, 0.4) is 0 Å². The SMILES string of the molecule is CC(C)(CBr)CN1CCOc2ccccc2C1=O. The fourth-order valence-corrected chi connectivity index (χ4v) is 2.19. The highest BCUT2D eigenvalue weighted by atomic mass is 79.9. The molecule has 0 N–H and O–H groups in total. The van der Waals surface area contributed by atoms with Crippen molar-refractivity contribution < 1.29 is 9.53 Å². The summed E-state index contributed by atoms with van der Waals surface area (Å²) < 4.78 is 5.62. The zero-order valence-corrected chi connectivity index (χ0v) is 12.4. The Hall–Kier alpha value is -1.03. The first-order chi connectivity index (χ1) is 8.53. The first kappa shape index (κ1) is 13.4. The Kier molecular flexibility index (Phi) is 3.95. The molecule has 1 heterocycles. The minimum absolute atomic E-state index is 0.0644. The topological polar surface area (TPSA) is 29.5 Å². The Morgan fingerprint density at radius 3 is 2.83 bits per heavy atom. The quantitative estimate of drug-likeness (QED) is 0.803. The predicted octanol–water partition coefficient (Wildman–Crippen LogP) is 2.94. The molecule has 3 nitrogen and oxygen atoms in total. The summed E-state index contributed by atoms with van der Waals surface area (Å²) in [5.41, 5.74) is 0.731. The minimum atomic E-state index is 0.0644. The van der Waals surface area contributed by atoms with Crippen molar-refractivity contribution in [2.24, 2.45) is 5.41 Å². The number of hydrogen-bond acceptors (Lipinski definition) is 2. The summed E-state index contributed by atoms with van der Waals surface area (Å²) in [7, 11) is 0. The molecule has 0 radical (unpaired) electrons. The van der Waals surface area contributed by atoms with E-state index in [1.54, 1.807) is 0 Å². The maximum absolute atomic E-state index is 12.5. The van der Waals surface area contributed by atoms with Gasteiger partial charge in [0, 0.05) is 11.9 Å². The third kappa shape index (κ3) is 2.86. The van der Waals surface area contributed by atoms with Gasteiger partial charge in [0.05, 0.1) is 12.1 Å². The summed E-state index contributed by atoms with van der Waals surface area (Å²) >= 11 is 3.50. The molecule has 1 amide bonds. The van der Waals surface area contributed by atoms with Gasteiger partial charge in [-0.25, -0.2) is 0 Å². The zero-order chi connectivity index (χ0) is 13.2. The van der Waals surface area contributed by atoms with E-state index in [4.69, 9.17) is 4.74 Å². The number of hydrogen-bond donors (Lipinski definition) is 0. The number of fused-ring (bicyclic) bond motifs is 1. The van der Waals surface area contributed by atoms with E-state index in [2.05, 4.69) is 29.8 Å². The number of amides is 1. The Morgan fingerprint density at radius 2 is 2.11 bits per heavy atom. The lowest BCUT2D eigenvalue weighted by Gasteiger charge is -2.30. The maximum Gasteiger partial charge on any atom is 0.257 e. The van der Waals surface area contributed by atoms with Gasteiger partial charge in [0.2, 0.25) is 0 Å². The van der Waals surface area contributed by atoms with Crippen LogP contribution in [0.5, 0.6) is 5.75 Å². The number of alkyl halides is 1. The number of nitrogens with zero attached hydrogens (tertiary/aromatic N) is 1. The molecule has 0 fully saturated rings. The summed E-state index contributed by atoms with van der Waals surface area (Å²) in [6, 6.07) is 7.45. The third-order valence-electron chi connectivity index (χ3n) is 3.00. The fourth-order valence-electron chi connectivity index (χ4n) is 2.02. The highest BCUT2D eigenvalue weighted by Crippen LogP contribution is 2.26. The number of para-hydroxylation sites is 1. The van der Waals surface area contributed by atoms with Crippen molar-refractivity contribution in [2.75, 3.05) is 25.0 Å². The summed E-state index contributed by atoms with van der Waals surface area (Å²) in [5, 5.41) is 0.867.